The van der Waals surface area contributed by atoms with Crippen LogP contribution in [0.1, 0.15) is 30.0 Å². The highest BCUT2D eigenvalue weighted by molar-refractivity contribution is 8.00. The fourth-order valence-corrected chi connectivity index (χ4v) is 3.02. The number of carbonyl (C=O) groups is 3. The summed E-state index contributed by atoms with van der Waals surface area (Å²) in [6.07, 6.45) is 0.645. The topological polar surface area (TPSA) is 97.6 Å². The highest BCUT2D eigenvalue weighted by Gasteiger charge is 2.20. The van der Waals surface area contributed by atoms with Gasteiger partial charge in [0.1, 0.15) is 5.76 Å². The van der Waals surface area contributed by atoms with Crippen LogP contribution in [0.25, 0.3) is 0 Å². The molecule has 2 N–H and O–H groups in total. The van der Waals surface area contributed by atoms with E-state index < -0.39 is 12.1 Å². The second-order valence-corrected chi connectivity index (χ2v) is 6.60. The third-order valence-corrected chi connectivity index (χ3v) is 4.58. The highest BCUT2D eigenvalue weighted by Crippen LogP contribution is 2.23. The highest BCUT2D eigenvalue weighted by atomic mass is 32.2. The summed E-state index contributed by atoms with van der Waals surface area (Å²) in [7, 11) is 0. The summed E-state index contributed by atoms with van der Waals surface area (Å²) in [4.78, 5) is 36.7. The first-order valence-electron chi connectivity index (χ1n) is 8.50. The smallest absolute Gasteiger partial charge is 0.340 e. The van der Waals surface area contributed by atoms with E-state index in [-0.39, 0.29) is 17.6 Å². The summed E-state index contributed by atoms with van der Waals surface area (Å²) in [5, 5.41) is 5.34. The molecule has 144 valence electrons. The van der Waals surface area contributed by atoms with Gasteiger partial charge in [0.25, 0.3) is 5.91 Å². The van der Waals surface area contributed by atoms with Gasteiger partial charge in [-0.2, -0.15) is 0 Å². The van der Waals surface area contributed by atoms with Crippen molar-refractivity contribution in [3.05, 3.63) is 54.0 Å². The summed E-state index contributed by atoms with van der Waals surface area (Å²) < 4.78 is 10.4. The zero-order valence-corrected chi connectivity index (χ0v) is 16.0. The fourth-order valence-electron chi connectivity index (χ4n) is 2.15. The van der Waals surface area contributed by atoms with Gasteiger partial charge in [-0.15, -0.1) is 11.8 Å². The molecule has 0 bridgehead atoms. The quantitative estimate of drug-likeness (QED) is 0.504. The van der Waals surface area contributed by atoms with Crippen molar-refractivity contribution in [1.29, 1.82) is 0 Å². The van der Waals surface area contributed by atoms with Crippen molar-refractivity contribution in [2.75, 3.05) is 12.3 Å². The molecule has 0 radical (unpaired) electrons. The number of amides is 2. The molecular formula is C19H22N2O5S. The number of hydrogen-bond donors (Lipinski definition) is 2. The Morgan fingerprint density at radius 3 is 2.63 bits per heavy atom. The van der Waals surface area contributed by atoms with Crippen LogP contribution in [0, 0.1) is 0 Å². The molecular weight excluding hydrogens is 368 g/mol. The van der Waals surface area contributed by atoms with Crippen LogP contribution in [-0.4, -0.2) is 36.2 Å². The van der Waals surface area contributed by atoms with Gasteiger partial charge < -0.3 is 19.8 Å². The lowest BCUT2D eigenvalue weighted by molar-refractivity contribution is -0.129. The first-order valence-corrected chi connectivity index (χ1v) is 9.49. The lowest BCUT2D eigenvalue weighted by Gasteiger charge is -2.14. The zero-order valence-electron chi connectivity index (χ0n) is 15.2. The third kappa shape index (κ3) is 6.49. The normalized spacial score (nSPS) is 11.5. The number of furan rings is 1. The van der Waals surface area contributed by atoms with Crippen molar-refractivity contribution in [3.8, 4) is 0 Å². The largest absolute Gasteiger partial charge is 0.467 e. The lowest BCUT2D eigenvalue weighted by atomic mass is 10.2. The summed E-state index contributed by atoms with van der Waals surface area (Å²) >= 11 is 1.22. The summed E-state index contributed by atoms with van der Waals surface area (Å²) in [6.45, 7) is 4.07. The third-order valence-electron chi connectivity index (χ3n) is 3.51. The minimum absolute atomic E-state index is 0.136. The number of likely N-dealkylation sites (N-methyl/N-ethyl adjacent to an activating group) is 1. The Bertz CT molecular complexity index is 776. The molecule has 0 spiro atoms. The number of carbonyl (C=O) groups excluding carboxylic acids is 3. The predicted octanol–water partition coefficient (Wildman–Crippen LogP) is 2.37. The van der Waals surface area contributed by atoms with E-state index in [2.05, 4.69) is 10.6 Å². The number of thioether (sulfide) groups is 1. The molecule has 0 saturated heterocycles. The number of nitrogens with one attached hydrogen (secondary N) is 2. The molecule has 2 aromatic rings. The molecule has 1 aromatic heterocycles. The van der Waals surface area contributed by atoms with Crippen LogP contribution in [0.3, 0.4) is 0 Å². The Balaban J connectivity index is 1.91. The number of hydrogen-bond acceptors (Lipinski definition) is 6. The van der Waals surface area contributed by atoms with Crippen LogP contribution in [0.2, 0.25) is 0 Å². The lowest BCUT2D eigenvalue weighted by Crippen LogP contribution is -2.35. The van der Waals surface area contributed by atoms with E-state index in [4.69, 9.17) is 9.15 Å². The minimum Gasteiger partial charge on any atom is -0.467 e. The van der Waals surface area contributed by atoms with E-state index >= 15 is 0 Å². The first kappa shape index (κ1) is 20.6. The van der Waals surface area contributed by atoms with Crippen LogP contribution in [0.4, 0.5) is 0 Å². The molecule has 2 amide bonds. The van der Waals surface area contributed by atoms with Gasteiger partial charge in [0.15, 0.2) is 6.10 Å². The van der Waals surface area contributed by atoms with Gasteiger partial charge >= 0.3 is 5.97 Å². The maximum absolute atomic E-state index is 12.4. The van der Waals surface area contributed by atoms with Crippen LogP contribution in [0.15, 0.2) is 52.0 Å². The molecule has 27 heavy (non-hydrogen) atoms. The second-order valence-electron chi connectivity index (χ2n) is 5.58. The van der Waals surface area contributed by atoms with Gasteiger partial charge in [0.05, 0.1) is 24.1 Å². The van der Waals surface area contributed by atoms with Crippen molar-refractivity contribution >= 4 is 29.5 Å². The van der Waals surface area contributed by atoms with Crippen molar-refractivity contribution in [1.82, 2.24) is 10.6 Å². The van der Waals surface area contributed by atoms with E-state index in [1.165, 1.54) is 18.7 Å². The Morgan fingerprint density at radius 2 is 1.93 bits per heavy atom. The molecule has 0 saturated carbocycles. The van der Waals surface area contributed by atoms with Crippen LogP contribution in [-0.2, 0) is 20.9 Å². The number of ether oxygens (including phenoxy) is 1. The van der Waals surface area contributed by atoms with Gasteiger partial charge in [-0.3, -0.25) is 9.59 Å². The molecule has 0 aliphatic carbocycles. The SMILES string of the molecule is CCNC(=O)[C@@H](C)OC(=O)c1ccccc1SCC(=O)NCc1ccco1. The van der Waals surface area contributed by atoms with Crippen LogP contribution < -0.4 is 10.6 Å². The van der Waals surface area contributed by atoms with Crippen molar-refractivity contribution in [2.24, 2.45) is 0 Å². The molecule has 0 aliphatic heterocycles. The number of benzene rings is 1. The Kier molecular flexibility index (Phi) is 7.94. The number of esters is 1. The molecule has 7 nitrogen and oxygen atoms in total. The molecule has 0 fully saturated rings. The Hall–Kier alpha value is -2.74. The van der Waals surface area contributed by atoms with E-state index in [1.54, 1.807) is 49.6 Å². The monoisotopic (exact) mass is 390 g/mol. The summed E-state index contributed by atoms with van der Waals surface area (Å²) in [5.74, 6) is -0.343. The molecule has 1 aromatic carbocycles. The predicted molar refractivity (Wildman–Crippen MR) is 101 cm³/mol. The maximum atomic E-state index is 12.4. The van der Waals surface area contributed by atoms with Gasteiger partial charge in [-0.1, -0.05) is 12.1 Å². The van der Waals surface area contributed by atoms with Crippen LogP contribution >= 0.6 is 11.8 Å². The first-order chi connectivity index (χ1) is 13.0. The summed E-state index contributed by atoms with van der Waals surface area (Å²) in [6, 6.07) is 10.3. The van der Waals surface area contributed by atoms with Gasteiger partial charge in [0, 0.05) is 11.4 Å². The Morgan fingerprint density at radius 1 is 1.15 bits per heavy atom. The fraction of sp³-hybridized carbons (Fsp3) is 0.316. The van der Waals surface area contributed by atoms with E-state index in [9.17, 15) is 14.4 Å². The zero-order chi connectivity index (χ0) is 19.6. The number of rotatable bonds is 9. The van der Waals surface area contributed by atoms with E-state index in [0.717, 1.165) is 0 Å². The average Bonchev–Trinajstić information content (AvgIpc) is 3.18. The molecule has 2 rings (SSSR count). The van der Waals surface area contributed by atoms with Crippen LogP contribution in [0.5, 0.6) is 0 Å². The standard InChI is InChI=1S/C19H22N2O5S/c1-3-20-18(23)13(2)26-19(24)15-8-4-5-9-16(15)27-12-17(22)21-11-14-7-6-10-25-14/h4-10,13H,3,11-12H2,1-2H3,(H,20,23)(H,21,22)/t13-/m1/s1. The molecule has 0 unspecified atom stereocenters. The van der Waals surface area contributed by atoms with Crippen molar-refractivity contribution in [2.45, 2.75) is 31.4 Å². The molecule has 8 heteroatoms. The second kappa shape index (κ2) is 10.4. The van der Waals surface area contributed by atoms with Gasteiger partial charge in [0.2, 0.25) is 5.91 Å². The maximum Gasteiger partial charge on any atom is 0.340 e. The molecule has 1 atom stereocenters. The average molecular weight is 390 g/mol. The van der Waals surface area contributed by atoms with E-state index in [0.29, 0.717) is 29.3 Å². The van der Waals surface area contributed by atoms with Gasteiger partial charge in [-0.25, -0.2) is 4.79 Å². The van der Waals surface area contributed by atoms with E-state index in [1.807, 2.05) is 0 Å². The molecule has 0 aliphatic rings. The minimum atomic E-state index is -0.896. The summed E-state index contributed by atoms with van der Waals surface area (Å²) in [5.41, 5.74) is 0.317. The van der Waals surface area contributed by atoms with Gasteiger partial charge in [-0.05, 0) is 38.1 Å². The molecule has 1 heterocycles. The van der Waals surface area contributed by atoms with Crippen molar-refractivity contribution in [3.63, 3.8) is 0 Å². The Labute approximate surface area is 161 Å². The van der Waals surface area contributed by atoms with Crippen molar-refractivity contribution < 1.29 is 23.5 Å².